The summed E-state index contributed by atoms with van der Waals surface area (Å²) in [6.45, 7) is 26.3. The van der Waals surface area contributed by atoms with Gasteiger partial charge in [0.15, 0.2) is 0 Å². The molecule has 0 aliphatic rings. The molecule has 1 amide bonds. The highest BCUT2D eigenvalue weighted by molar-refractivity contribution is 5.67. The molecule has 4 nitrogen and oxygen atoms in total. The van der Waals surface area contributed by atoms with Gasteiger partial charge in [-0.2, -0.15) is 0 Å². The topological polar surface area (TPSA) is 47.6 Å². The molecule has 0 saturated carbocycles. The fraction of sp³-hybridized carbons (Fsp3) is 0.741. The molecule has 0 saturated heterocycles. The molecule has 0 unspecified atom stereocenters. The third-order valence-electron chi connectivity index (χ3n) is 3.19. The number of aryl methyl sites for hydroxylation is 1. The van der Waals surface area contributed by atoms with Crippen LogP contribution in [0.1, 0.15) is 115 Å². The molecule has 1 aromatic carbocycles. The number of unbranched alkanes of at least 4 members (excludes halogenated alkanes) is 2. The first-order chi connectivity index (χ1) is 15.0. The number of nitrogens with one attached hydrogen (secondary N) is 1. The number of rotatable bonds is 6. The Bertz CT molecular complexity index is 524. The van der Waals surface area contributed by atoms with Crippen LogP contribution < -0.4 is 10.1 Å². The van der Waals surface area contributed by atoms with E-state index >= 15 is 0 Å². The van der Waals surface area contributed by atoms with Gasteiger partial charge in [-0.15, -0.1) is 0 Å². The first-order valence-electron chi connectivity index (χ1n) is 12.4. The third kappa shape index (κ3) is 28.2. The van der Waals surface area contributed by atoms with E-state index in [2.05, 4.69) is 19.2 Å². The maximum absolute atomic E-state index is 12.8. The Kier molecular flexibility index (Phi) is 29.9. The Morgan fingerprint density at radius 2 is 1.50 bits per heavy atom. The first kappa shape index (κ1) is 37.5. The standard InChI is InChI=1S/C11H15FO.C7H15NO2.C5H12.2C2H6/c1-4-9-7-10(12)5-6-11(9)13-8(2)3;1-5-8-6(9)10-7(2,3)4;1-3-5-4-2;2*1-2/h5-8H,4H2,1-3H3;5H2,1-4H3,(H,8,9);3-5H2,1-2H3;2*1-2H3. The highest BCUT2D eigenvalue weighted by Gasteiger charge is 2.14. The van der Waals surface area contributed by atoms with Crippen LogP contribution in [-0.4, -0.2) is 24.3 Å². The molecule has 0 radical (unpaired) electrons. The summed E-state index contributed by atoms with van der Waals surface area (Å²) in [6, 6.07) is 4.64. The normalized spacial score (nSPS) is 9.34. The maximum Gasteiger partial charge on any atom is 0.407 e. The molecular formula is C27H54FNO3. The first-order valence-corrected chi connectivity index (χ1v) is 12.4. The third-order valence-corrected chi connectivity index (χ3v) is 3.19. The number of hydrogen-bond acceptors (Lipinski definition) is 3. The summed E-state index contributed by atoms with van der Waals surface area (Å²) in [5.41, 5.74) is 0.535. The van der Waals surface area contributed by atoms with Crippen molar-refractivity contribution in [3.05, 3.63) is 29.6 Å². The number of carbonyl (C=O) groups excluding carboxylic acids is 1. The minimum absolute atomic E-state index is 0.135. The summed E-state index contributed by atoms with van der Waals surface area (Å²) in [4.78, 5) is 10.7. The summed E-state index contributed by atoms with van der Waals surface area (Å²) in [5, 5.41) is 2.54. The number of carbonyl (C=O) groups is 1. The number of hydrogen-bond donors (Lipinski definition) is 1. The van der Waals surface area contributed by atoms with Crippen LogP contribution in [0.15, 0.2) is 18.2 Å². The molecule has 0 fully saturated rings. The largest absolute Gasteiger partial charge is 0.491 e. The van der Waals surface area contributed by atoms with Crippen molar-refractivity contribution in [3.8, 4) is 5.75 Å². The molecule has 0 aliphatic carbocycles. The predicted molar refractivity (Wildman–Crippen MR) is 139 cm³/mol. The van der Waals surface area contributed by atoms with E-state index in [0.717, 1.165) is 17.7 Å². The lowest BCUT2D eigenvalue weighted by Gasteiger charge is -2.19. The highest BCUT2D eigenvalue weighted by Crippen LogP contribution is 2.21. The van der Waals surface area contributed by atoms with E-state index in [0.29, 0.717) is 6.54 Å². The number of alkyl carbamates (subject to hydrolysis) is 1. The van der Waals surface area contributed by atoms with Crippen LogP contribution in [0.5, 0.6) is 5.75 Å². The molecular weight excluding hydrogens is 405 g/mol. The minimum atomic E-state index is -0.390. The van der Waals surface area contributed by atoms with E-state index in [4.69, 9.17) is 9.47 Å². The van der Waals surface area contributed by atoms with Crippen molar-refractivity contribution in [2.24, 2.45) is 0 Å². The zero-order valence-corrected chi connectivity index (χ0v) is 23.4. The van der Waals surface area contributed by atoms with E-state index in [9.17, 15) is 9.18 Å². The number of benzene rings is 1. The molecule has 0 heterocycles. The molecule has 0 aliphatic heterocycles. The zero-order chi connectivity index (χ0) is 26.2. The average molecular weight is 460 g/mol. The van der Waals surface area contributed by atoms with Gasteiger partial charge < -0.3 is 14.8 Å². The van der Waals surface area contributed by atoms with Gasteiger partial charge in [-0.25, -0.2) is 9.18 Å². The van der Waals surface area contributed by atoms with Gasteiger partial charge in [0.05, 0.1) is 6.10 Å². The van der Waals surface area contributed by atoms with Gasteiger partial charge in [-0.1, -0.05) is 67.7 Å². The van der Waals surface area contributed by atoms with Gasteiger partial charge in [-0.05, 0) is 71.7 Å². The lowest BCUT2D eigenvalue weighted by molar-refractivity contribution is 0.0531. The minimum Gasteiger partial charge on any atom is -0.491 e. The number of ether oxygens (including phenoxy) is 2. The number of halogens is 1. The molecule has 1 aromatic rings. The smallest absolute Gasteiger partial charge is 0.407 e. The molecule has 5 heteroatoms. The molecule has 0 bridgehead atoms. The van der Waals surface area contributed by atoms with Crippen molar-refractivity contribution in [1.82, 2.24) is 5.32 Å². The van der Waals surface area contributed by atoms with E-state index < -0.39 is 0 Å². The Labute approximate surface area is 199 Å². The molecule has 0 spiro atoms. The van der Waals surface area contributed by atoms with Gasteiger partial charge in [0, 0.05) is 6.54 Å². The van der Waals surface area contributed by atoms with Crippen LogP contribution in [0.3, 0.4) is 0 Å². The van der Waals surface area contributed by atoms with Crippen molar-refractivity contribution in [2.45, 2.75) is 127 Å². The molecule has 32 heavy (non-hydrogen) atoms. The SMILES string of the molecule is CC.CC.CCCCC.CCNC(=O)OC(C)(C)C.CCc1cc(F)ccc1OC(C)C. The Morgan fingerprint density at radius 3 is 1.81 bits per heavy atom. The summed E-state index contributed by atoms with van der Waals surface area (Å²) < 4.78 is 23.3. The quantitative estimate of drug-likeness (QED) is 0.462. The van der Waals surface area contributed by atoms with Crippen LogP contribution >= 0.6 is 0 Å². The summed E-state index contributed by atoms with van der Waals surface area (Å²) in [5.74, 6) is 0.590. The zero-order valence-electron chi connectivity index (χ0n) is 23.4. The van der Waals surface area contributed by atoms with Crippen LogP contribution in [-0.2, 0) is 11.2 Å². The Morgan fingerprint density at radius 1 is 1.00 bits per heavy atom. The van der Waals surface area contributed by atoms with Crippen molar-refractivity contribution in [3.63, 3.8) is 0 Å². The summed E-state index contributed by atoms with van der Waals surface area (Å²) >= 11 is 0. The molecule has 1 rings (SSSR count). The van der Waals surface area contributed by atoms with E-state index in [-0.39, 0.29) is 23.6 Å². The van der Waals surface area contributed by atoms with Gasteiger partial charge in [0.25, 0.3) is 0 Å². The van der Waals surface area contributed by atoms with E-state index in [1.807, 2.05) is 76.2 Å². The second-order valence-corrected chi connectivity index (χ2v) is 7.66. The van der Waals surface area contributed by atoms with Crippen molar-refractivity contribution >= 4 is 6.09 Å². The Balaban J connectivity index is -0.000000183. The molecule has 0 atom stereocenters. The van der Waals surface area contributed by atoms with Crippen LogP contribution in [0, 0.1) is 5.82 Å². The molecule has 192 valence electrons. The number of amides is 1. The Hall–Kier alpha value is -1.78. The van der Waals surface area contributed by atoms with Crippen molar-refractivity contribution < 1.29 is 18.7 Å². The predicted octanol–water partition coefficient (Wildman–Crippen LogP) is 8.96. The van der Waals surface area contributed by atoms with Crippen LogP contribution in [0.4, 0.5) is 9.18 Å². The van der Waals surface area contributed by atoms with Crippen molar-refractivity contribution in [2.75, 3.05) is 6.54 Å². The van der Waals surface area contributed by atoms with Gasteiger partial charge >= 0.3 is 6.09 Å². The molecule has 1 N–H and O–H groups in total. The average Bonchev–Trinajstić information content (AvgIpc) is 2.72. The van der Waals surface area contributed by atoms with Crippen molar-refractivity contribution in [1.29, 1.82) is 0 Å². The fourth-order valence-electron chi connectivity index (χ4n) is 2.01. The highest BCUT2D eigenvalue weighted by atomic mass is 19.1. The maximum atomic E-state index is 12.8. The lowest BCUT2D eigenvalue weighted by Crippen LogP contribution is -2.32. The monoisotopic (exact) mass is 459 g/mol. The fourth-order valence-corrected chi connectivity index (χ4v) is 2.01. The van der Waals surface area contributed by atoms with Crippen LogP contribution in [0.25, 0.3) is 0 Å². The second-order valence-electron chi connectivity index (χ2n) is 7.66. The second kappa shape index (κ2) is 25.5. The van der Waals surface area contributed by atoms with Gasteiger partial charge in [0.2, 0.25) is 0 Å². The summed E-state index contributed by atoms with van der Waals surface area (Å²) in [6.07, 6.45) is 4.65. The van der Waals surface area contributed by atoms with E-state index in [1.165, 1.54) is 31.4 Å². The van der Waals surface area contributed by atoms with E-state index in [1.54, 1.807) is 6.07 Å². The van der Waals surface area contributed by atoms with Crippen LogP contribution in [0.2, 0.25) is 0 Å². The lowest BCUT2D eigenvalue weighted by atomic mass is 10.1. The summed E-state index contributed by atoms with van der Waals surface area (Å²) in [7, 11) is 0. The molecule has 0 aromatic heterocycles. The van der Waals surface area contributed by atoms with Gasteiger partial charge in [-0.3, -0.25) is 0 Å². The van der Waals surface area contributed by atoms with Gasteiger partial charge in [0.1, 0.15) is 17.2 Å².